The number of esters is 1. The summed E-state index contributed by atoms with van der Waals surface area (Å²) in [6, 6.07) is 1.53. The Morgan fingerprint density at radius 3 is 2.47 bits per heavy atom. The first-order chi connectivity index (χ1) is 26.6. The van der Waals surface area contributed by atoms with Gasteiger partial charge in [-0.25, -0.2) is 14.0 Å². The van der Waals surface area contributed by atoms with Gasteiger partial charge >= 0.3 is 12.1 Å². The second-order valence-corrected chi connectivity index (χ2v) is 15.6. The van der Waals surface area contributed by atoms with Gasteiger partial charge in [0.25, 0.3) is 10.2 Å². The second-order valence-electron chi connectivity index (χ2n) is 15.6. The van der Waals surface area contributed by atoms with Crippen molar-refractivity contribution in [3.8, 4) is 17.2 Å². The first-order valence-corrected chi connectivity index (χ1v) is 18.0. The van der Waals surface area contributed by atoms with Crippen LogP contribution in [0.15, 0.2) is 35.9 Å². The van der Waals surface area contributed by atoms with Gasteiger partial charge in [-0.1, -0.05) is 18.6 Å². The van der Waals surface area contributed by atoms with Gasteiger partial charge in [-0.2, -0.15) is 0 Å². The molecular formula is C36H41FN2O18. The Kier molecular flexibility index (Phi) is 10.5. The summed E-state index contributed by atoms with van der Waals surface area (Å²) in [5, 5.41) is 51.0. The van der Waals surface area contributed by atoms with Crippen LogP contribution in [0.2, 0.25) is 0 Å². The van der Waals surface area contributed by atoms with E-state index in [9.17, 15) is 54.7 Å². The van der Waals surface area contributed by atoms with Crippen LogP contribution < -0.4 is 4.74 Å². The van der Waals surface area contributed by atoms with Crippen molar-refractivity contribution in [3.63, 3.8) is 0 Å². The number of allylic oxidation sites excluding steroid dienone is 4. The summed E-state index contributed by atoms with van der Waals surface area (Å²) >= 11 is 0. The molecular weight excluding hydrogens is 767 g/mol. The van der Waals surface area contributed by atoms with Crippen LogP contribution in [0.3, 0.4) is 0 Å². The highest BCUT2D eigenvalue weighted by molar-refractivity contribution is 6.01. The molecule has 0 bridgehead atoms. The number of benzene rings is 1. The second kappa shape index (κ2) is 14.5. The van der Waals surface area contributed by atoms with Crippen molar-refractivity contribution in [2.75, 3.05) is 19.8 Å². The minimum absolute atomic E-state index is 0.170. The molecule has 4 fully saturated rings. The molecule has 1 aliphatic heterocycles. The van der Waals surface area contributed by atoms with E-state index in [1.807, 2.05) is 0 Å². The number of nitrogens with zero attached hydrogens (tertiary/aromatic N) is 2. The molecule has 1 aromatic rings. The quantitative estimate of drug-likeness (QED) is 0.0846. The van der Waals surface area contributed by atoms with E-state index in [0.29, 0.717) is 12.0 Å². The van der Waals surface area contributed by atoms with Gasteiger partial charge in [0.05, 0.1) is 24.4 Å². The van der Waals surface area contributed by atoms with Crippen molar-refractivity contribution in [3.05, 3.63) is 61.7 Å². The van der Waals surface area contributed by atoms with E-state index in [-0.39, 0.29) is 25.0 Å². The number of carbonyl (C=O) groups excluding carboxylic acids is 4. The summed E-state index contributed by atoms with van der Waals surface area (Å²) in [6.07, 6.45) is -1.23. The Morgan fingerprint density at radius 1 is 1.07 bits per heavy atom. The fraction of sp³-hybridized carbons (Fsp3) is 0.611. The number of rotatable bonds is 13. The Balaban J connectivity index is 1.15. The van der Waals surface area contributed by atoms with E-state index in [1.54, 1.807) is 27.7 Å². The van der Waals surface area contributed by atoms with Gasteiger partial charge in [0.2, 0.25) is 11.5 Å². The van der Waals surface area contributed by atoms with Crippen LogP contribution in [0.1, 0.15) is 70.2 Å². The van der Waals surface area contributed by atoms with E-state index in [1.165, 1.54) is 18.2 Å². The lowest BCUT2D eigenvalue weighted by molar-refractivity contribution is -0.790. The zero-order valence-electron chi connectivity index (χ0n) is 31.2. The number of phenolic OH excluding ortho intramolecular Hbond substituents is 2. The highest BCUT2D eigenvalue weighted by Gasteiger charge is 2.80. The average Bonchev–Trinajstić information content (AvgIpc) is 3.53. The number of aromatic hydroxyl groups is 2. The Morgan fingerprint density at radius 2 is 1.79 bits per heavy atom. The third-order valence-electron chi connectivity index (χ3n) is 12.1. The molecule has 6 rings (SSSR count). The first kappa shape index (κ1) is 41.2. The summed E-state index contributed by atoms with van der Waals surface area (Å²) in [4.78, 5) is 81.6. The van der Waals surface area contributed by atoms with Crippen LogP contribution in [-0.4, -0.2) is 104 Å². The van der Waals surface area contributed by atoms with Gasteiger partial charge in [-0.3, -0.25) is 9.59 Å². The van der Waals surface area contributed by atoms with Crippen molar-refractivity contribution >= 4 is 23.7 Å². The number of aliphatic hydroxyl groups excluding tert-OH is 1. The monoisotopic (exact) mass is 808 g/mol. The number of ketones is 2. The third-order valence-corrected chi connectivity index (χ3v) is 12.1. The van der Waals surface area contributed by atoms with Crippen LogP contribution >= 0.6 is 0 Å². The summed E-state index contributed by atoms with van der Waals surface area (Å²) in [7, 11) is 0. The lowest BCUT2D eigenvalue weighted by Crippen LogP contribution is -2.70. The van der Waals surface area contributed by atoms with Gasteiger partial charge in [0.1, 0.15) is 12.7 Å². The number of hydrogen-bond donors (Lipinski definition) is 3. The largest absolute Gasteiger partial charge is 0.514 e. The smallest absolute Gasteiger partial charge is 0.504 e. The Labute approximate surface area is 322 Å². The van der Waals surface area contributed by atoms with Crippen molar-refractivity contribution in [1.29, 1.82) is 0 Å². The highest BCUT2D eigenvalue weighted by atomic mass is 19.1. The number of carbonyl (C=O) groups is 4. The molecule has 0 spiro atoms. The number of aliphatic hydroxyl groups is 1. The summed E-state index contributed by atoms with van der Waals surface area (Å²) in [5.74, 6) is -7.65. The SMILES string of the molecule is CC1(C)O[C@@H]2CC3C4CCC5=CC(=O)C=C[C@]5(C)[C@@]4(F)[C@@H](O)C[C@]3(C)[C@]2(C(=O)COC(=O)Oc2cc(C(=O)OCCC(CO[N+](=O)[O-])O[N+](=O)[O-])cc(O)c2O)O1. The zero-order chi connectivity index (χ0) is 41.9. The molecule has 0 aromatic heterocycles. The number of Topliss-reactive ketones (excluding diaryl/α,β-unsaturated/α-hetero) is 1. The lowest BCUT2D eigenvalue weighted by atomic mass is 9.44. The van der Waals surface area contributed by atoms with E-state index in [0.717, 1.165) is 12.1 Å². The van der Waals surface area contributed by atoms with Gasteiger partial charge < -0.3 is 48.7 Å². The molecule has 21 heteroatoms. The van der Waals surface area contributed by atoms with Gasteiger partial charge in [0.15, 0.2) is 40.9 Å². The number of ether oxygens (including phenoxy) is 5. The maximum atomic E-state index is 17.7. The molecule has 20 nitrogen and oxygen atoms in total. The van der Waals surface area contributed by atoms with Crippen LogP contribution in [-0.2, 0) is 38.2 Å². The predicted octanol–water partition coefficient (Wildman–Crippen LogP) is 3.39. The maximum absolute atomic E-state index is 17.7. The molecule has 3 N–H and O–H groups in total. The van der Waals surface area contributed by atoms with E-state index >= 15 is 4.39 Å². The number of fused-ring (bicyclic) bond motifs is 7. The Hall–Kier alpha value is -5.41. The molecule has 9 atom stereocenters. The summed E-state index contributed by atoms with van der Waals surface area (Å²) in [6.45, 7) is 4.14. The number of hydrogen-bond acceptors (Lipinski definition) is 18. The summed E-state index contributed by atoms with van der Waals surface area (Å²) in [5.41, 5.74) is -6.46. The van der Waals surface area contributed by atoms with Crippen molar-refractivity contribution in [2.24, 2.45) is 22.7 Å². The topological polar surface area (TPSA) is 280 Å². The standard InChI is InChI=1S/C36H41FN2O18/c1-32(2)55-28-14-23-22-6-5-19-13-20(40)7-9-33(19,3)35(22,37)26(42)15-34(23,4)36(28,57-32)27(43)17-52-31(46)54-25-12-18(11-24(41)29(25)44)30(45)51-10-8-21(56-39(49)50)16-53-38(47)48/h7,9,11-13,21-23,26,28,41-42,44H,5-6,8,10,14-17H2,1-4H3/t21?,22?,23?,26-,28+,33-,34-,35-,36+/m0/s1. The van der Waals surface area contributed by atoms with Gasteiger partial charge in [-0.15, -0.1) is 20.2 Å². The van der Waals surface area contributed by atoms with Gasteiger partial charge in [0, 0.05) is 23.2 Å². The van der Waals surface area contributed by atoms with Crippen LogP contribution in [0, 0.1) is 42.9 Å². The van der Waals surface area contributed by atoms with Gasteiger partial charge in [-0.05, 0) is 76.7 Å². The number of phenols is 2. The maximum Gasteiger partial charge on any atom is 0.514 e. The molecule has 3 saturated carbocycles. The molecule has 1 heterocycles. The Bertz CT molecular complexity index is 1950. The molecule has 0 amide bonds. The zero-order valence-corrected chi connectivity index (χ0v) is 31.2. The third kappa shape index (κ3) is 6.90. The van der Waals surface area contributed by atoms with Crippen molar-refractivity contribution in [2.45, 2.75) is 95.2 Å². The van der Waals surface area contributed by atoms with Crippen LogP contribution in [0.5, 0.6) is 17.2 Å². The highest BCUT2D eigenvalue weighted by Crippen LogP contribution is 2.72. The average molecular weight is 809 g/mol. The molecule has 1 saturated heterocycles. The van der Waals surface area contributed by atoms with Crippen LogP contribution in [0.25, 0.3) is 0 Å². The fourth-order valence-electron chi connectivity index (χ4n) is 9.75. The van der Waals surface area contributed by atoms with E-state index in [4.69, 9.17) is 23.7 Å². The lowest BCUT2D eigenvalue weighted by Gasteiger charge is -2.62. The molecule has 5 aliphatic rings. The molecule has 4 aliphatic carbocycles. The minimum Gasteiger partial charge on any atom is -0.504 e. The molecule has 57 heavy (non-hydrogen) atoms. The predicted molar refractivity (Wildman–Crippen MR) is 183 cm³/mol. The van der Waals surface area contributed by atoms with E-state index < -0.39 is 135 Å². The van der Waals surface area contributed by atoms with E-state index in [2.05, 4.69) is 9.68 Å². The summed E-state index contributed by atoms with van der Waals surface area (Å²) < 4.78 is 45.5. The molecule has 310 valence electrons. The number of halogens is 1. The molecule has 3 unspecified atom stereocenters. The number of alkyl halides is 1. The first-order valence-electron chi connectivity index (χ1n) is 18.0. The minimum atomic E-state index is -2.20. The normalized spacial score (nSPS) is 33.6. The van der Waals surface area contributed by atoms with Crippen molar-refractivity contribution < 1.29 is 82.4 Å². The van der Waals surface area contributed by atoms with Crippen molar-refractivity contribution in [1.82, 2.24) is 0 Å². The van der Waals surface area contributed by atoms with Crippen LogP contribution in [0.4, 0.5) is 9.18 Å². The fourth-order valence-corrected chi connectivity index (χ4v) is 9.75. The molecule has 1 aromatic carbocycles. The molecule has 0 radical (unpaired) electrons.